The van der Waals surface area contributed by atoms with Crippen molar-refractivity contribution in [3.05, 3.63) is 11.1 Å². The highest BCUT2D eigenvalue weighted by Crippen LogP contribution is 2.40. The Kier molecular flexibility index (Phi) is 4.10. The molecule has 0 aliphatic heterocycles. The first-order valence-corrected chi connectivity index (χ1v) is 8.25. The number of hydrogen-bond acceptors (Lipinski definition) is 4. The number of aliphatic carboxylic acids is 1. The number of hydrogen-bond donors (Lipinski definition) is 3. The van der Waals surface area contributed by atoms with E-state index >= 15 is 0 Å². The maximum absolute atomic E-state index is 11.9. The summed E-state index contributed by atoms with van der Waals surface area (Å²) in [5.41, 5.74) is 1.08. The lowest BCUT2D eigenvalue weighted by molar-refractivity contribution is -0.142. The van der Waals surface area contributed by atoms with Gasteiger partial charge in [-0.15, -0.1) is 11.3 Å². The quantitative estimate of drug-likeness (QED) is 0.797. The van der Waals surface area contributed by atoms with Crippen molar-refractivity contribution in [2.45, 2.75) is 50.5 Å². The van der Waals surface area contributed by atoms with Gasteiger partial charge >= 0.3 is 12.0 Å². The van der Waals surface area contributed by atoms with Gasteiger partial charge in [0.2, 0.25) is 0 Å². The van der Waals surface area contributed by atoms with Crippen LogP contribution in [0.2, 0.25) is 0 Å². The van der Waals surface area contributed by atoms with E-state index in [9.17, 15) is 9.59 Å². The number of carbonyl (C=O) groups is 2. The molecule has 0 aromatic carbocycles. The Morgan fingerprint density at radius 1 is 1.19 bits per heavy atom. The van der Waals surface area contributed by atoms with Crippen molar-refractivity contribution < 1.29 is 14.7 Å². The average molecular weight is 309 g/mol. The Bertz CT molecular complexity index is 533. The predicted molar refractivity (Wildman–Crippen MR) is 79.6 cm³/mol. The molecule has 1 heterocycles. The second-order valence-electron chi connectivity index (χ2n) is 5.84. The molecule has 7 heteroatoms. The number of anilines is 1. The van der Waals surface area contributed by atoms with Crippen LogP contribution in [0.4, 0.5) is 9.93 Å². The number of thiazole rings is 1. The van der Waals surface area contributed by atoms with Crippen LogP contribution in [0, 0.1) is 5.92 Å². The van der Waals surface area contributed by atoms with Crippen molar-refractivity contribution in [3.8, 4) is 0 Å². The molecule has 114 valence electrons. The van der Waals surface area contributed by atoms with Gasteiger partial charge in [-0.2, -0.15) is 0 Å². The molecule has 2 aliphatic rings. The van der Waals surface area contributed by atoms with Crippen molar-refractivity contribution in [2.24, 2.45) is 5.92 Å². The number of urea groups is 1. The van der Waals surface area contributed by atoms with E-state index < -0.39 is 5.97 Å². The highest BCUT2D eigenvalue weighted by atomic mass is 32.1. The molecule has 3 N–H and O–H groups in total. The van der Waals surface area contributed by atoms with Crippen molar-refractivity contribution >= 4 is 28.5 Å². The molecule has 0 radical (unpaired) electrons. The topological polar surface area (TPSA) is 91.3 Å². The zero-order valence-corrected chi connectivity index (χ0v) is 12.5. The lowest BCUT2D eigenvalue weighted by Crippen LogP contribution is -2.40. The van der Waals surface area contributed by atoms with Gasteiger partial charge in [-0.05, 0) is 38.5 Å². The second-order valence-corrected chi connectivity index (χ2v) is 6.70. The summed E-state index contributed by atoms with van der Waals surface area (Å²) in [6.07, 6.45) is 5.09. The van der Waals surface area contributed by atoms with E-state index in [0.717, 1.165) is 18.5 Å². The number of amides is 2. The summed E-state index contributed by atoms with van der Waals surface area (Å²) >= 11 is 1.45. The van der Waals surface area contributed by atoms with Crippen molar-refractivity contribution in [2.75, 3.05) is 5.32 Å². The van der Waals surface area contributed by atoms with Gasteiger partial charge in [0.25, 0.3) is 0 Å². The Labute approximate surface area is 127 Å². The molecule has 2 fully saturated rings. The largest absolute Gasteiger partial charge is 0.481 e. The molecule has 2 saturated carbocycles. The fourth-order valence-electron chi connectivity index (χ4n) is 2.71. The summed E-state index contributed by atoms with van der Waals surface area (Å²) in [7, 11) is 0. The summed E-state index contributed by atoms with van der Waals surface area (Å²) in [5.74, 6) is -0.398. The number of carboxylic acids is 1. The Hall–Kier alpha value is -1.63. The van der Waals surface area contributed by atoms with E-state index in [0.29, 0.717) is 23.9 Å². The SMILES string of the molecule is O=C(Nc1nc(C2CC2)cs1)NC1CCC(C(=O)O)CC1. The number of nitrogens with one attached hydrogen (secondary N) is 2. The molecule has 6 nitrogen and oxygen atoms in total. The van der Waals surface area contributed by atoms with Gasteiger partial charge in [0.05, 0.1) is 11.6 Å². The third-order valence-corrected chi connectivity index (χ3v) is 4.93. The number of carbonyl (C=O) groups excluding carboxylic acids is 1. The van der Waals surface area contributed by atoms with Crippen LogP contribution in [0.3, 0.4) is 0 Å². The Morgan fingerprint density at radius 2 is 1.90 bits per heavy atom. The van der Waals surface area contributed by atoms with Gasteiger partial charge in [0, 0.05) is 17.3 Å². The highest BCUT2D eigenvalue weighted by molar-refractivity contribution is 7.13. The average Bonchev–Trinajstić information content (AvgIpc) is 3.20. The fraction of sp³-hybridized carbons (Fsp3) is 0.643. The predicted octanol–water partition coefficient (Wildman–Crippen LogP) is 2.79. The van der Waals surface area contributed by atoms with Gasteiger partial charge in [-0.25, -0.2) is 9.78 Å². The monoisotopic (exact) mass is 309 g/mol. The highest BCUT2D eigenvalue weighted by Gasteiger charge is 2.28. The fourth-order valence-corrected chi connectivity index (χ4v) is 3.50. The Morgan fingerprint density at radius 3 is 2.52 bits per heavy atom. The minimum atomic E-state index is -0.728. The molecule has 2 aliphatic carbocycles. The first-order valence-electron chi connectivity index (χ1n) is 7.37. The molecule has 21 heavy (non-hydrogen) atoms. The second kappa shape index (κ2) is 6.01. The van der Waals surface area contributed by atoms with Crippen molar-refractivity contribution in [3.63, 3.8) is 0 Å². The maximum Gasteiger partial charge on any atom is 0.321 e. The van der Waals surface area contributed by atoms with Gasteiger partial charge < -0.3 is 10.4 Å². The van der Waals surface area contributed by atoms with E-state index in [1.54, 1.807) is 0 Å². The molecule has 3 rings (SSSR count). The van der Waals surface area contributed by atoms with E-state index in [2.05, 4.69) is 15.6 Å². The molecule has 1 aromatic heterocycles. The van der Waals surface area contributed by atoms with Crippen LogP contribution in [-0.2, 0) is 4.79 Å². The molecule has 0 bridgehead atoms. The Balaban J connectivity index is 1.44. The maximum atomic E-state index is 11.9. The molecular weight excluding hydrogens is 290 g/mol. The van der Waals surface area contributed by atoms with Crippen LogP contribution in [-0.4, -0.2) is 28.1 Å². The number of nitrogens with zero attached hydrogens (tertiary/aromatic N) is 1. The van der Waals surface area contributed by atoms with Gasteiger partial charge in [0.1, 0.15) is 0 Å². The molecular formula is C14H19N3O3S. The third-order valence-electron chi connectivity index (χ3n) is 4.15. The van der Waals surface area contributed by atoms with Crippen LogP contribution < -0.4 is 10.6 Å². The van der Waals surface area contributed by atoms with Crippen LogP contribution in [0.5, 0.6) is 0 Å². The van der Waals surface area contributed by atoms with Gasteiger partial charge in [-0.3, -0.25) is 10.1 Å². The van der Waals surface area contributed by atoms with Crippen molar-refractivity contribution in [1.29, 1.82) is 0 Å². The summed E-state index contributed by atoms with van der Waals surface area (Å²) in [5, 5.41) is 17.3. The van der Waals surface area contributed by atoms with E-state index in [1.807, 2.05) is 5.38 Å². The first kappa shape index (κ1) is 14.3. The summed E-state index contributed by atoms with van der Waals surface area (Å²) in [4.78, 5) is 27.2. The number of rotatable bonds is 4. The minimum absolute atomic E-state index is 0.0588. The van der Waals surface area contributed by atoms with E-state index in [-0.39, 0.29) is 18.0 Å². The molecule has 0 atom stereocenters. The third kappa shape index (κ3) is 3.72. The molecule has 0 saturated heterocycles. The van der Waals surface area contributed by atoms with Crippen LogP contribution in [0.15, 0.2) is 5.38 Å². The van der Waals surface area contributed by atoms with E-state index in [1.165, 1.54) is 24.2 Å². The zero-order chi connectivity index (χ0) is 14.8. The summed E-state index contributed by atoms with van der Waals surface area (Å²) in [6.45, 7) is 0. The lowest BCUT2D eigenvalue weighted by atomic mass is 9.86. The minimum Gasteiger partial charge on any atom is -0.481 e. The normalized spacial score (nSPS) is 25.3. The molecule has 2 amide bonds. The van der Waals surface area contributed by atoms with Crippen LogP contribution >= 0.6 is 11.3 Å². The standard InChI is InChI=1S/C14H19N3O3S/c18-12(19)9-3-5-10(6-4-9)15-13(20)17-14-16-11(7-21-14)8-1-2-8/h7-10H,1-6H2,(H,18,19)(H2,15,16,17,20). The number of carboxylic acid groups (broad SMARTS) is 1. The van der Waals surface area contributed by atoms with Crippen LogP contribution in [0.25, 0.3) is 0 Å². The van der Waals surface area contributed by atoms with Crippen LogP contribution in [0.1, 0.15) is 50.1 Å². The van der Waals surface area contributed by atoms with Gasteiger partial charge in [0.15, 0.2) is 5.13 Å². The van der Waals surface area contributed by atoms with Gasteiger partial charge in [-0.1, -0.05) is 0 Å². The summed E-state index contributed by atoms with van der Waals surface area (Å²) < 4.78 is 0. The van der Waals surface area contributed by atoms with E-state index in [4.69, 9.17) is 5.11 Å². The zero-order valence-electron chi connectivity index (χ0n) is 11.7. The van der Waals surface area contributed by atoms with Crippen molar-refractivity contribution in [1.82, 2.24) is 10.3 Å². The molecule has 0 spiro atoms. The first-order chi connectivity index (χ1) is 10.1. The smallest absolute Gasteiger partial charge is 0.321 e. The number of aromatic nitrogens is 1. The molecule has 1 aromatic rings. The lowest BCUT2D eigenvalue weighted by Gasteiger charge is -2.26. The summed E-state index contributed by atoms with van der Waals surface area (Å²) in [6, 6.07) is -0.186. The molecule has 0 unspecified atom stereocenters.